The van der Waals surface area contributed by atoms with Gasteiger partial charge >= 0.3 is 0 Å². The van der Waals surface area contributed by atoms with Crippen LogP contribution in [0.4, 0.5) is 5.69 Å². The topological polar surface area (TPSA) is 118 Å². The zero-order chi connectivity index (χ0) is 29.0. The van der Waals surface area contributed by atoms with Crippen molar-refractivity contribution in [1.82, 2.24) is 29.3 Å². The molecule has 1 aliphatic rings. The highest BCUT2D eigenvalue weighted by Crippen LogP contribution is 2.40. The van der Waals surface area contributed by atoms with E-state index in [1.54, 1.807) is 47.4 Å². The van der Waals surface area contributed by atoms with Crippen molar-refractivity contribution in [3.8, 4) is 33.5 Å². The van der Waals surface area contributed by atoms with Gasteiger partial charge in [0.15, 0.2) is 5.69 Å². The molecule has 0 fully saturated rings. The highest BCUT2D eigenvalue weighted by atomic mass is 32.1. The molecule has 0 atom stereocenters. The maximum absolute atomic E-state index is 13.0. The largest absolute Gasteiger partial charge is 0.272 e. The predicted molar refractivity (Wildman–Crippen MR) is 158 cm³/mol. The third-order valence-electron chi connectivity index (χ3n) is 7.44. The molecule has 0 aliphatic carbocycles. The molecule has 42 heavy (non-hydrogen) atoms. The fourth-order valence-electron chi connectivity index (χ4n) is 5.36. The minimum Gasteiger partial charge on any atom is -0.269 e. The van der Waals surface area contributed by atoms with Crippen molar-refractivity contribution in [3.05, 3.63) is 117 Å². The molecule has 11 heteroatoms. The van der Waals surface area contributed by atoms with Crippen molar-refractivity contribution in [2.75, 3.05) is 0 Å². The maximum atomic E-state index is 13.0. The van der Waals surface area contributed by atoms with E-state index in [1.807, 2.05) is 42.8 Å². The monoisotopic (exact) mass is 569 g/mol. The molecule has 0 spiro atoms. The lowest BCUT2D eigenvalue weighted by Crippen LogP contribution is -2.30. The number of benzene rings is 3. The van der Waals surface area contributed by atoms with Crippen LogP contribution in [0.25, 0.3) is 49.1 Å². The van der Waals surface area contributed by atoms with Crippen LogP contribution in [0.5, 0.6) is 0 Å². The number of carbonyl (C=O) groups is 2. The Morgan fingerprint density at radius 1 is 0.857 bits per heavy atom. The highest BCUT2D eigenvalue weighted by molar-refractivity contribution is 7.03. The number of amides is 2. The number of rotatable bonds is 5. The molecule has 1 aliphatic heterocycles. The van der Waals surface area contributed by atoms with Crippen LogP contribution in [0.1, 0.15) is 26.4 Å². The summed E-state index contributed by atoms with van der Waals surface area (Å²) in [5, 5.41) is 14.0. The lowest BCUT2D eigenvalue weighted by atomic mass is 9.96. The van der Waals surface area contributed by atoms with E-state index in [2.05, 4.69) is 24.5 Å². The molecular weight excluding hydrogens is 550 g/mol. The first kappa shape index (κ1) is 25.3. The fourth-order valence-corrected chi connectivity index (χ4v) is 5.91. The van der Waals surface area contributed by atoms with Gasteiger partial charge in [-0.15, -0.1) is 0 Å². The summed E-state index contributed by atoms with van der Waals surface area (Å²) < 4.78 is 5.88. The SMILES string of the molecule is [C-]#[N+]c1cc(-c2cnsc2)ccc1-c1c(-c2ccc3c(=O)[nH]nc(CN4C(=O)c5ccccc5C4=O)c3c2)cnn1C. The van der Waals surface area contributed by atoms with Gasteiger partial charge in [-0.05, 0) is 53.0 Å². The van der Waals surface area contributed by atoms with Crippen LogP contribution in [0, 0.1) is 6.57 Å². The van der Waals surface area contributed by atoms with E-state index in [4.69, 9.17) is 6.57 Å². The normalized spacial score (nSPS) is 12.6. The Labute approximate surface area is 242 Å². The first-order valence-electron chi connectivity index (χ1n) is 12.8. The van der Waals surface area contributed by atoms with E-state index in [9.17, 15) is 14.4 Å². The molecule has 1 N–H and O–H groups in total. The van der Waals surface area contributed by atoms with Gasteiger partial charge in [-0.25, -0.2) is 14.3 Å². The molecule has 0 saturated heterocycles. The van der Waals surface area contributed by atoms with Gasteiger partial charge in [-0.2, -0.15) is 10.2 Å². The lowest BCUT2D eigenvalue weighted by Gasteiger charge is -2.15. The number of aryl methyl sites for hydroxylation is 1. The van der Waals surface area contributed by atoms with Gasteiger partial charge in [-0.1, -0.05) is 30.3 Å². The number of nitrogens with one attached hydrogen (secondary N) is 1. The molecule has 6 aromatic rings. The summed E-state index contributed by atoms with van der Waals surface area (Å²) >= 11 is 1.35. The van der Waals surface area contributed by atoms with Crippen molar-refractivity contribution >= 4 is 39.8 Å². The standard InChI is InChI=1S/C31H19N7O3S/c1-32-26-12-17(19-13-34-42-16-19)7-10-23(26)28-25(14-33-37(28)2)18-8-9-20-24(11-18)27(35-36-29(20)39)15-38-30(40)21-5-3-4-6-22(21)31(38)41/h3-14,16H,15H2,2H3,(H,36,39). The molecule has 3 aromatic carbocycles. The van der Waals surface area contributed by atoms with Crippen molar-refractivity contribution in [2.45, 2.75) is 6.54 Å². The Hall–Kier alpha value is -5.73. The van der Waals surface area contributed by atoms with Crippen molar-refractivity contribution in [1.29, 1.82) is 0 Å². The number of aromatic nitrogens is 5. The van der Waals surface area contributed by atoms with E-state index in [-0.39, 0.29) is 12.1 Å². The minimum absolute atomic E-state index is 0.107. The molecule has 0 unspecified atom stereocenters. The third-order valence-corrected chi connectivity index (χ3v) is 8.03. The van der Waals surface area contributed by atoms with Crippen LogP contribution in [-0.4, -0.2) is 41.1 Å². The number of nitrogens with zero attached hydrogens (tertiary/aromatic N) is 6. The molecule has 7 rings (SSSR count). The predicted octanol–water partition coefficient (Wildman–Crippen LogP) is 5.46. The van der Waals surface area contributed by atoms with Gasteiger partial charge in [0.1, 0.15) is 0 Å². The van der Waals surface area contributed by atoms with Gasteiger partial charge in [0.05, 0.1) is 47.2 Å². The zero-order valence-corrected chi connectivity index (χ0v) is 22.8. The Kier molecular flexibility index (Phi) is 5.85. The number of imide groups is 1. The molecule has 202 valence electrons. The van der Waals surface area contributed by atoms with Crippen molar-refractivity contribution < 1.29 is 9.59 Å². The van der Waals surface area contributed by atoms with Crippen molar-refractivity contribution in [2.24, 2.45) is 7.05 Å². The summed E-state index contributed by atoms with van der Waals surface area (Å²) in [5.74, 6) is -0.813. The first-order valence-corrected chi connectivity index (χ1v) is 13.7. The van der Waals surface area contributed by atoms with E-state index in [1.165, 1.54) is 11.5 Å². The van der Waals surface area contributed by atoms with Crippen LogP contribution in [0.15, 0.2) is 83.2 Å². The number of H-pyrrole nitrogens is 1. The quantitative estimate of drug-likeness (QED) is 0.218. The summed E-state index contributed by atoms with van der Waals surface area (Å²) in [6, 6.07) is 17.7. The fraction of sp³-hybridized carbons (Fsp3) is 0.0645. The van der Waals surface area contributed by atoms with Gasteiger partial charge < -0.3 is 0 Å². The third kappa shape index (κ3) is 3.93. The summed E-state index contributed by atoms with van der Waals surface area (Å²) in [6.45, 7) is 7.77. The van der Waals surface area contributed by atoms with Gasteiger partial charge in [0.2, 0.25) is 0 Å². The summed E-state index contributed by atoms with van der Waals surface area (Å²) in [6.07, 6.45) is 3.48. The highest BCUT2D eigenvalue weighted by Gasteiger charge is 2.35. The van der Waals surface area contributed by atoms with Gasteiger partial charge in [-0.3, -0.25) is 24.0 Å². The van der Waals surface area contributed by atoms with Crippen LogP contribution in [0.3, 0.4) is 0 Å². The molecule has 0 saturated carbocycles. The maximum Gasteiger partial charge on any atom is 0.272 e. The average molecular weight is 570 g/mol. The van der Waals surface area contributed by atoms with E-state index in [0.717, 1.165) is 32.8 Å². The molecule has 0 radical (unpaired) electrons. The second-order valence-electron chi connectivity index (χ2n) is 9.79. The van der Waals surface area contributed by atoms with E-state index < -0.39 is 11.8 Å². The van der Waals surface area contributed by atoms with Crippen LogP contribution in [0.2, 0.25) is 0 Å². The molecule has 4 heterocycles. The Balaban J connectivity index is 1.33. The number of hydrogen-bond donors (Lipinski definition) is 1. The van der Waals surface area contributed by atoms with Crippen LogP contribution in [-0.2, 0) is 13.6 Å². The van der Waals surface area contributed by atoms with Crippen molar-refractivity contribution in [3.63, 3.8) is 0 Å². The average Bonchev–Trinajstić information content (AvgIpc) is 3.74. The van der Waals surface area contributed by atoms with Crippen LogP contribution >= 0.6 is 11.5 Å². The van der Waals surface area contributed by atoms with Crippen LogP contribution < -0.4 is 5.56 Å². The number of hydrogen-bond acceptors (Lipinski definition) is 7. The van der Waals surface area contributed by atoms with E-state index in [0.29, 0.717) is 38.8 Å². The lowest BCUT2D eigenvalue weighted by molar-refractivity contribution is 0.0640. The smallest absolute Gasteiger partial charge is 0.269 e. The first-order chi connectivity index (χ1) is 20.4. The molecule has 2 amide bonds. The van der Waals surface area contributed by atoms with Gasteiger partial charge in [0.25, 0.3) is 17.4 Å². The number of fused-ring (bicyclic) bond motifs is 2. The Morgan fingerprint density at radius 2 is 1.62 bits per heavy atom. The second-order valence-corrected chi connectivity index (χ2v) is 10.4. The number of aromatic amines is 1. The summed E-state index contributed by atoms with van der Waals surface area (Å²) in [4.78, 5) is 43.7. The number of carbonyl (C=O) groups excluding carboxylic acids is 2. The molecule has 0 bridgehead atoms. The summed E-state index contributed by atoms with van der Waals surface area (Å²) in [7, 11) is 1.81. The minimum atomic E-state index is -0.407. The molecule has 3 aromatic heterocycles. The van der Waals surface area contributed by atoms with E-state index >= 15 is 0 Å². The Bertz CT molecular complexity index is 2140. The Morgan fingerprint density at radius 3 is 2.33 bits per heavy atom. The summed E-state index contributed by atoms with van der Waals surface area (Å²) in [5.41, 5.74) is 5.92. The second kappa shape index (κ2) is 9.72. The molecular formula is C31H19N7O3S. The van der Waals surface area contributed by atoms with Gasteiger partial charge in [0, 0.05) is 40.7 Å². The zero-order valence-electron chi connectivity index (χ0n) is 22.0. The molecule has 10 nitrogen and oxygen atoms in total.